The lowest BCUT2D eigenvalue weighted by Crippen LogP contribution is -2.62. The summed E-state index contributed by atoms with van der Waals surface area (Å²) in [5.74, 6) is 0. The molecule has 1 aliphatic carbocycles. The first-order valence-corrected chi connectivity index (χ1v) is 8.03. The molecule has 114 valence electrons. The van der Waals surface area contributed by atoms with Crippen LogP contribution < -0.4 is 0 Å². The average Bonchev–Trinajstić information content (AvgIpc) is 2.53. The molecule has 21 heavy (non-hydrogen) atoms. The van der Waals surface area contributed by atoms with E-state index in [1.54, 1.807) is 4.90 Å². The number of hydrogen-bond acceptors (Lipinski definition) is 2. The molecule has 0 aromatic heterocycles. The molecule has 1 aromatic carbocycles. The minimum Gasteiger partial charge on any atom is -0.465 e. The predicted molar refractivity (Wildman–Crippen MR) is 82.5 cm³/mol. The maximum absolute atomic E-state index is 11.4. The molecule has 1 saturated carbocycles. The fourth-order valence-corrected chi connectivity index (χ4v) is 3.88. The Labute approximate surface area is 126 Å². The van der Waals surface area contributed by atoms with E-state index < -0.39 is 6.09 Å². The Morgan fingerprint density at radius 1 is 1.10 bits per heavy atom. The van der Waals surface area contributed by atoms with E-state index in [1.807, 2.05) is 6.07 Å². The van der Waals surface area contributed by atoms with Crippen molar-refractivity contribution in [2.24, 2.45) is 0 Å². The van der Waals surface area contributed by atoms with Gasteiger partial charge in [-0.25, -0.2) is 4.79 Å². The van der Waals surface area contributed by atoms with Crippen molar-refractivity contribution in [2.45, 2.75) is 44.2 Å². The Bertz CT molecular complexity index is 477. The van der Waals surface area contributed by atoms with Crippen molar-refractivity contribution in [2.75, 3.05) is 19.6 Å². The zero-order chi connectivity index (χ0) is 14.7. The van der Waals surface area contributed by atoms with Gasteiger partial charge in [0.2, 0.25) is 0 Å². The molecule has 1 aliphatic heterocycles. The minimum atomic E-state index is -0.741. The van der Waals surface area contributed by atoms with Crippen LogP contribution in [0.15, 0.2) is 30.3 Å². The van der Waals surface area contributed by atoms with Crippen LogP contribution in [-0.2, 0) is 6.42 Å². The Morgan fingerprint density at radius 2 is 1.81 bits per heavy atom. The Kier molecular flexibility index (Phi) is 4.44. The minimum absolute atomic E-state index is 0.209. The van der Waals surface area contributed by atoms with Crippen molar-refractivity contribution < 1.29 is 9.90 Å². The molecule has 1 amide bonds. The molecule has 0 radical (unpaired) electrons. The molecule has 2 atom stereocenters. The largest absolute Gasteiger partial charge is 0.465 e. The van der Waals surface area contributed by atoms with Gasteiger partial charge in [-0.2, -0.15) is 0 Å². The third-order valence-electron chi connectivity index (χ3n) is 4.97. The monoisotopic (exact) mass is 288 g/mol. The molecule has 0 bridgehead atoms. The van der Waals surface area contributed by atoms with E-state index in [0.717, 1.165) is 38.8 Å². The van der Waals surface area contributed by atoms with E-state index >= 15 is 0 Å². The normalized spacial score (nSPS) is 26.4. The first kappa shape index (κ1) is 14.4. The van der Waals surface area contributed by atoms with Crippen LogP contribution in [0.25, 0.3) is 0 Å². The number of rotatable bonds is 3. The number of benzene rings is 1. The van der Waals surface area contributed by atoms with Gasteiger partial charge in [-0.15, -0.1) is 0 Å². The lowest BCUT2D eigenvalue weighted by molar-refractivity contribution is 0.00411. The predicted octanol–water partition coefficient (Wildman–Crippen LogP) is 2.84. The lowest BCUT2D eigenvalue weighted by Gasteiger charge is -2.49. The maximum atomic E-state index is 11.4. The van der Waals surface area contributed by atoms with Crippen LogP contribution in [0.5, 0.6) is 0 Å². The van der Waals surface area contributed by atoms with Crippen LogP contribution in [0.4, 0.5) is 4.79 Å². The third-order valence-corrected chi connectivity index (χ3v) is 4.97. The number of nitrogens with zero attached hydrogens (tertiary/aromatic N) is 2. The van der Waals surface area contributed by atoms with Gasteiger partial charge in [0.1, 0.15) is 0 Å². The molecule has 0 unspecified atom stereocenters. The number of fused-ring (bicyclic) bond motifs is 1. The lowest BCUT2D eigenvalue weighted by atomic mass is 9.86. The van der Waals surface area contributed by atoms with E-state index in [1.165, 1.54) is 12.0 Å². The van der Waals surface area contributed by atoms with Gasteiger partial charge in [0.05, 0.1) is 6.04 Å². The smallest absolute Gasteiger partial charge is 0.407 e. The summed E-state index contributed by atoms with van der Waals surface area (Å²) in [5, 5.41) is 9.38. The Balaban J connectivity index is 1.64. The Hall–Kier alpha value is -1.55. The van der Waals surface area contributed by atoms with Gasteiger partial charge in [0, 0.05) is 25.7 Å². The van der Waals surface area contributed by atoms with Gasteiger partial charge < -0.3 is 10.0 Å². The van der Waals surface area contributed by atoms with Crippen molar-refractivity contribution >= 4 is 6.09 Å². The van der Waals surface area contributed by atoms with Gasteiger partial charge in [-0.1, -0.05) is 43.2 Å². The maximum Gasteiger partial charge on any atom is 0.407 e. The summed E-state index contributed by atoms with van der Waals surface area (Å²) in [4.78, 5) is 15.6. The summed E-state index contributed by atoms with van der Waals surface area (Å²) in [6.45, 7) is 2.57. The average molecular weight is 288 g/mol. The molecular formula is C17H24N2O2. The molecule has 2 aliphatic rings. The number of piperazine rings is 1. The summed E-state index contributed by atoms with van der Waals surface area (Å²) < 4.78 is 0. The molecule has 1 N–H and O–H groups in total. The van der Waals surface area contributed by atoms with Crippen LogP contribution in [0.1, 0.15) is 31.2 Å². The van der Waals surface area contributed by atoms with Gasteiger partial charge in [0.25, 0.3) is 0 Å². The zero-order valence-electron chi connectivity index (χ0n) is 12.4. The molecule has 1 heterocycles. The number of carboxylic acid groups (broad SMARTS) is 1. The van der Waals surface area contributed by atoms with E-state index in [4.69, 9.17) is 0 Å². The van der Waals surface area contributed by atoms with Crippen LogP contribution in [-0.4, -0.2) is 52.7 Å². The van der Waals surface area contributed by atoms with Crippen molar-refractivity contribution in [1.29, 1.82) is 0 Å². The van der Waals surface area contributed by atoms with Crippen molar-refractivity contribution in [3.8, 4) is 0 Å². The van der Waals surface area contributed by atoms with E-state index in [2.05, 4.69) is 29.2 Å². The first-order valence-electron chi connectivity index (χ1n) is 8.03. The summed E-state index contributed by atoms with van der Waals surface area (Å²) in [5.41, 5.74) is 1.37. The highest BCUT2D eigenvalue weighted by molar-refractivity contribution is 5.65. The van der Waals surface area contributed by atoms with Gasteiger partial charge in [0.15, 0.2) is 0 Å². The fourth-order valence-electron chi connectivity index (χ4n) is 3.88. The second kappa shape index (κ2) is 6.48. The number of carbonyl (C=O) groups is 1. The zero-order valence-corrected chi connectivity index (χ0v) is 12.4. The Morgan fingerprint density at radius 3 is 2.52 bits per heavy atom. The highest BCUT2D eigenvalue weighted by atomic mass is 16.4. The van der Waals surface area contributed by atoms with Crippen molar-refractivity contribution in [1.82, 2.24) is 9.80 Å². The SMILES string of the molecule is O=C(O)N1CCN(CCc2ccccc2)[C@H]2CCCC[C@H]21. The summed E-state index contributed by atoms with van der Waals surface area (Å²) >= 11 is 0. The second-order valence-electron chi connectivity index (χ2n) is 6.17. The third kappa shape index (κ3) is 3.21. The fraction of sp³-hybridized carbons (Fsp3) is 0.588. The van der Waals surface area contributed by atoms with E-state index in [0.29, 0.717) is 12.6 Å². The van der Waals surface area contributed by atoms with Crippen LogP contribution in [0, 0.1) is 0 Å². The second-order valence-corrected chi connectivity index (χ2v) is 6.17. The molecule has 4 heteroatoms. The van der Waals surface area contributed by atoms with Gasteiger partial charge in [-0.3, -0.25) is 4.90 Å². The van der Waals surface area contributed by atoms with Gasteiger partial charge in [-0.05, 0) is 24.8 Å². The molecular weight excluding hydrogens is 264 g/mol. The van der Waals surface area contributed by atoms with Crippen molar-refractivity contribution in [3.05, 3.63) is 35.9 Å². The topological polar surface area (TPSA) is 43.8 Å². The summed E-state index contributed by atoms with van der Waals surface area (Å²) in [6, 6.07) is 11.2. The van der Waals surface area contributed by atoms with Crippen LogP contribution >= 0.6 is 0 Å². The molecule has 0 spiro atoms. The molecule has 3 rings (SSSR count). The van der Waals surface area contributed by atoms with E-state index in [9.17, 15) is 9.90 Å². The number of amides is 1. The standard InChI is InChI=1S/C17H24N2O2/c20-17(21)19-13-12-18(15-8-4-5-9-16(15)19)11-10-14-6-2-1-3-7-14/h1-3,6-7,15-16H,4-5,8-13H2,(H,20,21)/t15-,16+/m0/s1. The first-order chi connectivity index (χ1) is 10.3. The highest BCUT2D eigenvalue weighted by Gasteiger charge is 2.39. The summed E-state index contributed by atoms with van der Waals surface area (Å²) in [7, 11) is 0. The molecule has 4 nitrogen and oxygen atoms in total. The molecule has 1 saturated heterocycles. The number of hydrogen-bond donors (Lipinski definition) is 1. The van der Waals surface area contributed by atoms with Crippen molar-refractivity contribution in [3.63, 3.8) is 0 Å². The van der Waals surface area contributed by atoms with Gasteiger partial charge >= 0.3 is 6.09 Å². The van der Waals surface area contributed by atoms with Crippen LogP contribution in [0.3, 0.4) is 0 Å². The molecule has 2 fully saturated rings. The highest BCUT2D eigenvalue weighted by Crippen LogP contribution is 2.30. The van der Waals surface area contributed by atoms with Crippen LogP contribution in [0.2, 0.25) is 0 Å². The molecule has 1 aromatic rings. The summed E-state index contributed by atoms with van der Waals surface area (Å²) in [6.07, 6.45) is 4.88. The van der Waals surface area contributed by atoms with E-state index in [-0.39, 0.29) is 6.04 Å². The quantitative estimate of drug-likeness (QED) is 0.930.